The number of carbonyl (C=O) groups excluding carboxylic acids is 1. The SMILES string of the molecule is COC(=O)c1cc(N2CCC(CO)CC2)c2c(C(C)C)nn(C3CCCCC3)c2n1. The lowest BCUT2D eigenvalue weighted by atomic mass is 9.95. The summed E-state index contributed by atoms with van der Waals surface area (Å²) in [4.78, 5) is 19.6. The lowest BCUT2D eigenvalue weighted by Gasteiger charge is -2.33. The van der Waals surface area contributed by atoms with Crippen LogP contribution in [0.5, 0.6) is 0 Å². The molecule has 2 aromatic heterocycles. The van der Waals surface area contributed by atoms with Crippen LogP contribution in [0.3, 0.4) is 0 Å². The van der Waals surface area contributed by atoms with Crippen LogP contribution in [0.4, 0.5) is 5.69 Å². The molecule has 0 radical (unpaired) electrons. The summed E-state index contributed by atoms with van der Waals surface area (Å²) in [6.07, 6.45) is 7.80. The molecule has 1 saturated heterocycles. The quantitative estimate of drug-likeness (QED) is 0.744. The molecule has 0 aromatic carbocycles. The number of aliphatic hydroxyl groups excluding tert-OH is 1. The highest BCUT2D eigenvalue weighted by Gasteiger charge is 2.29. The predicted octanol–water partition coefficient (Wildman–Crippen LogP) is 4.06. The van der Waals surface area contributed by atoms with Crippen molar-refractivity contribution in [3.05, 3.63) is 17.5 Å². The Morgan fingerprint density at radius 2 is 1.90 bits per heavy atom. The number of fused-ring (bicyclic) bond motifs is 1. The van der Waals surface area contributed by atoms with Crippen LogP contribution in [0.2, 0.25) is 0 Å². The first-order chi connectivity index (χ1) is 14.5. The first kappa shape index (κ1) is 21.1. The molecule has 0 spiro atoms. The molecule has 2 fully saturated rings. The number of nitrogens with zero attached hydrogens (tertiary/aromatic N) is 4. The van der Waals surface area contributed by atoms with Gasteiger partial charge in [-0.15, -0.1) is 0 Å². The van der Waals surface area contributed by atoms with Gasteiger partial charge in [-0.3, -0.25) is 0 Å². The van der Waals surface area contributed by atoms with Crippen molar-refractivity contribution < 1.29 is 14.6 Å². The second-order valence-corrected chi connectivity index (χ2v) is 9.11. The fourth-order valence-electron chi connectivity index (χ4n) is 4.94. The minimum atomic E-state index is -0.411. The van der Waals surface area contributed by atoms with Crippen molar-refractivity contribution in [2.75, 3.05) is 31.7 Å². The molecular formula is C23H34N4O3. The van der Waals surface area contributed by atoms with Crippen LogP contribution in [-0.2, 0) is 4.74 Å². The van der Waals surface area contributed by atoms with Gasteiger partial charge in [-0.25, -0.2) is 14.5 Å². The maximum atomic E-state index is 12.5. The minimum Gasteiger partial charge on any atom is -0.464 e. The van der Waals surface area contributed by atoms with Gasteiger partial charge in [0.2, 0.25) is 0 Å². The summed E-state index contributed by atoms with van der Waals surface area (Å²) in [6.45, 7) is 6.30. The molecule has 7 heteroatoms. The molecule has 1 aliphatic heterocycles. The average molecular weight is 415 g/mol. The van der Waals surface area contributed by atoms with Crippen molar-refractivity contribution in [1.82, 2.24) is 14.8 Å². The Hall–Kier alpha value is -2.15. The largest absolute Gasteiger partial charge is 0.464 e. The fraction of sp³-hybridized carbons (Fsp3) is 0.696. The summed E-state index contributed by atoms with van der Waals surface area (Å²) in [7, 11) is 1.40. The number of pyridine rings is 1. The van der Waals surface area contributed by atoms with E-state index < -0.39 is 5.97 Å². The maximum Gasteiger partial charge on any atom is 0.356 e. The van der Waals surface area contributed by atoms with Crippen molar-refractivity contribution in [2.45, 2.75) is 70.8 Å². The van der Waals surface area contributed by atoms with Crippen LogP contribution in [0, 0.1) is 5.92 Å². The van der Waals surface area contributed by atoms with E-state index in [2.05, 4.69) is 23.4 Å². The van der Waals surface area contributed by atoms with Gasteiger partial charge in [0.15, 0.2) is 11.3 Å². The number of esters is 1. The van der Waals surface area contributed by atoms with E-state index in [0.29, 0.717) is 17.7 Å². The van der Waals surface area contributed by atoms with Gasteiger partial charge in [-0.2, -0.15) is 5.10 Å². The van der Waals surface area contributed by atoms with Crippen molar-refractivity contribution in [3.63, 3.8) is 0 Å². The van der Waals surface area contributed by atoms with Gasteiger partial charge < -0.3 is 14.7 Å². The highest BCUT2D eigenvalue weighted by Crippen LogP contribution is 2.38. The Morgan fingerprint density at radius 1 is 1.20 bits per heavy atom. The van der Waals surface area contributed by atoms with Gasteiger partial charge in [0.25, 0.3) is 0 Å². The number of anilines is 1. The third kappa shape index (κ3) is 3.92. The highest BCUT2D eigenvalue weighted by molar-refractivity contribution is 5.98. The van der Waals surface area contributed by atoms with Gasteiger partial charge in [0, 0.05) is 19.7 Å². The molecule has 0 bridgehead atoms. The van der Waals surface area contributed by atoms with Gasteiger partial charge in [-0.1, -0.05) is 33.1 Å². The van der Waals surface area contributed by atoms with Crippen LogP contribution in [0.25, 0.3) is 11.0 Å². The van der Waals surface area contributed by atoms with E-state index in [9.17, 15) is 9.90 Å². The van der Waals surface area contributed by atoms with Crippen LogP contribution in [-0.4, -0.2) is 52.6 Å². The third-order valence-electron chi connectivity index (χ3n) is 6.74. The van der Waals surface area contributed by atoms with Crippen molar-refractivity contribution in [2.24, 2.45) is 5.92 Å². The van der Waals surface area contributed by atoms with E-state index in [-0.39, 0.29) is 12.5 Å². The topological polar surface area (TPSA) is 80.5 Å². The predicted molar refractivity (Wildman–Crippen MR) is 117 cm³/mol. The molecule has 4 rings (SSSR count). The van der Waals surface area contributed by atoms with E-state index in [1.807, 2.05) is 6.07 Å². The molecule has 1 saturated carbocycles. The molecule has 30 heavy (non-hydrogen) atoms. The highest BCUT2D eigenvalue weighted by atomic mass is 16.5. The lowest BCUT2D eigenvalue weighted by Crippen LogP contribution is -2.35. The van der Waals surface area contributed by atoms with Crippen LogP contribution in [0.1, 0.15) is 86.9 Å². The number of aromatic nitrogens is 3. The smallest absolute Gasteiger partial charge is 0.356 e. The molecule has 0 amide bonds. The minimum absolute atomic E-state index is 0.240. The standard InChI is InChI=1S/C23H34N4O3/c1-15(2)21-20-19(26-11-9-16(14-28)10-12-26)13-18(23(29)30-3)24-22(20)27(25-21)17-7-5-4-6-8-17/h13,15-17,28H,4-12,14H2,1-3H3. The molecule has 0 unspecified atom stereocenters. The summed E-state index contributed by atoms with van der Waals surface area (Å²) in [5.41, 5.74) is 3.24. The summed E-state index contributed by atoms with van der Waals surface area (Å²) in [5.74, 6) is 0.205. The molecule has 3 heterocycles. The van der Waals surface area contributed by atoms with Crippen LogP contribution < -0.4 is 4.90 Å². The van der Waals surface area contributed by atoms with Gasteiger partial charge in [0.1, 0.15) is 0 Å². The molecule has 164 valence electrons. The zero-order valence-corrected chi connectivity index (χ0v) is 18.4. The summed E-state index contributed by atoms with van der Waals surface area (Å²) in [6, 6.07) is 2.22. The van der Waals surface area contributed by atoms with Gasteiger partial charge >= 0.3 is 5.97 Å². The van der Waals surface area contributed by atoms with E-state index in [1.54, 1.807) is 0 Å². The van der Waals surface area contributed by atoms with Crippen molar-refractivity contribution in [1.29, 1.82) is 0 Å². The second-order valence-electron chi connectivity index (χ2n) is 9.11. The van der Waals surface area contributed by atoms with Crippen molar-refractivity contribution in [3.8, 4) is 0 Å². The van der Waals surface area contributed by atoms with E-state index >= 15 is 0 Å². The summed E-state index contributed by atoms with van der Waals surface area (Å²) >= 11 is 0. The fourth-order valence-corrected chi connectivity index (χ4v) is 4.94. The number of ether oxygens (including phenoxy) is 1. The Labute approximate surface area is 178 Å². The summed E-state index contributed by atoms with van der Waals surface area (Å²) in [5, 5.41) is 15.7. The first-order valence-corrected chi connectivity index (χ1v) is 11.4. The normalized spacial score (nSPS) is 19.0. The number of methoxy groups -OCH3 is 1. The Balaban J connectivity index is 1.87. The van der Waals surface area contributed by atoms with Crippen LogP contribution in [0.15, 0.2) is 6.07 Å². The number of carbonyl (C=O) groups is 1. The molecule has 0 atom stereocenters. The second kappa shape index (κ2) is 8.92. The molecule has 1 aliphatic carbocycles. The van der Waals surface area contributed by atoms with Crippen LogP contribution >= 0.6 is 0 Å². The molecule has 2 aromatic rings. The van der Waals surface area contributed by atoms with Gasteiger partial charge in [0.05, 0.1) is 29.9 Å². The van der Waals surface area contributed by atoms with Gasteiger partial charge in [-0.05, 0) is 43.6 Å². The Morgan fingerprint density at radius 3 is 2.50 bits per heavy atom. The lowest BCUT2D eigenvalue weighted by molar-refractivity contribution is 0.0594. The van der Waals surface area contributed by atoms with E-state index in [1.165, 1.54) is 26.4 Å². The number of rotatable bonds is 5. The molecule has 7 nitrogen and oxygen atoms in total. The third-order valence-corrected chi connectivity index (χ3v) is 6.74. The van der Waals surface area contributed by atoms with Crippen molar-refractivity contribution >= 4 is 22.7 Å². The van der Waals surface area contributed by atoms with E-state index in [0.717, 1.165) is 61.2 Å². The Kier molecular flexibility index (Phi) is 6.27. The van der Waals surface area contributed by atoms with E-state index in [4.69, 9.17) is 14.8 Å². The zero-order chi connectivity index (χ0) is 21.3. The number of hydrogen-bond donors (Lipinski definition) is 1. The first-order valence-electron chi connectivity index (χ1n) is 11.4. The molecule has 2 aliphatic rings. The average Bonchev–Trinajstić information content (AvgIpc) is 3.18. The zero-order valence-electron chi connectivity index (χ0n) is 18.4. The maximum absolute atomic E-state index is 12.5. The molecular weight excluding hydrogens is 380 g/mol. The number of aliphatic hydroxyl groups is 1. The molecule has 1 N–H and O–H groups in total. The Bertz CT molecular complexity index is 893. The number of hydrogen-bond acceptors (Lipinski definition) is 6. The summed E-state index contributed by atoms with van der Waals surface area (Å²) < 4.78 is 7.12. The number of piperidine rings is 1. The monoisotopic (exact) mass is 414 g/mol.